The molecule has 20 heavy (non-hydrogen) atoms. The molecule has 0 fully saturated rings. The molecule has 0 saturated carbocycles. The second-order valence-corrected chi connectivity index (χ2v) is 3.49. The molecule has 0 aromatic heterocycles. The molecule has 0 heterocycles. The van der Waals surface area contributed by atoms with Gasteiger partial charge in [-0.15, -0.1) is 18.3 Å². The lowest BCUT2D eigenvalue weighted by atomic mass is 9.79. The second-order valence-electron chi connectivity index (χ2n) is 3.49. The first-order valence-corrected chi connectivity index (χ1v) is 5.07. The Bertz CT molecular complexity index is 530. The lowest BCUT2D eigenvalue weighted by Crippen LogP contribution is -2.34. The summed E-state index contributed by atoms with van der Waals surface area (Å²) in [4.78, 5) is 0. The van der Waals surface area contributed by atoms with Crippen molar-refractivity contribution < 1.29 is 28.0 Å². The maximum Gasteiger partial charge on any atom is 0.573 e. The average Bonchev–Trinajstić information content (AvgIpc) is 2.28. The van der Waals surface area contributed by atoms with Crippen molar-refractivity contribution in [3.63, 3.8) is 0 Å². The SMILES string of the molecule is NC(N)=NN=Cc1ccc(OC(F)(F)F)c(B(O)O)c1. The van der Waals surface area contributed by atoms with E-state index in [1.807, 2.05) is 0 Å². The largest absolute Gasteiger partial charge is 0.573 e. The summed E-state index contributed by atoms with van der Waals surface area (Å²) in [5, 5.41) is 24.8. The van der Waals surface area contributed by atoms with Crippen LogP contribution in [0.5, 0.6) is 5.75 Å². The van der Waals surface area contributed by atoms with Gasteiger partial charge in [0.15, 0.2) is 0 Å². The minimum Gasteiger partial charge on any atom is -0.423 e. The van der Waals surface area contributed by atoms with Gasteiger partial charge in [-0.05, 0) is 23.8 Å². The van der Waals surface area contributed by atoms with E-state index in [1.165, 1.54) is 6.07 Å². The van der Waals surface area contributed by atoms with Crippen molar-refractivity contribution in [3.05, 3.63) is 23.8 Å². The molecule has 0 aliphatic rings. The number of alkyl halides is 3. The topological polar surface area (TPSA) is 126 Å². The molecular formula is C9H10BF3N4O3. The fourth-order valence-electron chi connectivity index (χ4n) is 1.23. The van der Waals surface area contributed by atoms with Gasteiger partial charge in [-0.2, -0.15) is 5.10 Å². The van der Waals surface area contributed by atoms with Gasteiger partial charge in [0.2, 0.25) is 5.96 Å². The summed E-state index contributed by atoms with van der Waals surface area (Å²) in [6, 6.07) is 3.16. The van der Waals surface area contributed by atoms with Crippen molar-refractivity contribution in [1.29, 1.82) is 0 Å². The van der Waals surface area contributed by atoms with Crippen LogP contribution in [0.2, 0.25) is 0 Å². The molecule has 11 heteroatoms. The van der Waals surface area contributed by atoms with Crippen LogP contribution in [0.1, 0.15) is 5.56 Å². The minimum absolute atomic E-state index is 0.243. The highest BCUT2D eigenvalue weighted by atomic mass is 19.4. The molecule has 0 saturated heterocycles. The predicted molar refractivity (Wildman–Crippen MR) is 66.4 cm³/mol. The van der Waals surface area contributed by atoms with Gasteiger partial charge >= 0.3 is 13.5 Å². The van der Waals surface area contributed by atoms with Gasteiger partial charge < -0.3 is 26.3 Å². The molecule has 0 unspecified atom stereocenters. The highest BCUT2D eigenvalue weighted by molar-refractivity contribution is 6.59. The molecule has 108 valence electrons. The Morgan fingerprint density at radius 1 is 1.30 bits per heavy atom. The number of benzene rings is 1. The molecule has 0 spiro atoms. The number of ether oxygens (including phenoxy) is 1. The average molecular weight is 290 g/mol. The monoisotopic (exact) mass is 290 g/mol. The maximum absolute atomic E-state index is 12.1. The van der Waals surface area contributed by atoms with Crippen LogP contribution in [0.4, 0.5) is 13.2 Å². The highest BCUT2D eigenvalue weighted by Crippen LogP contribution is 2.21. The Kier molecular flexibility index (Phi) is 4.94. The van der Waals surface area contributed by atoms with Gasteiger partial charge in [0, 0.05) is 5.46 Å². The van der Waals surface area contributed by atoms with Crippen molar-refractivity contribution in [2.24, 2.45) is 21.7 Å². The van der Waals surface area contributed by atoms with Crippen molar-refractivity contribution in [2.45, 2.75) is 6.36 Å². The first kappa shape index (κ1) is 15.8. The number of rotatable bonds is 4. The van der Waals surface area contributed by atoms with E-state index < -0.39 is 24.7 Å². The summed E-state index contributed by atoms with van der Waals surface area (Å²) in [5.74, 6) is -1.04. The van der Waals surface area contributed by atoms with E-state index in [0.717, 1.165) is 18.3 Å². The fraction of sp³-hybridized carbons (Fsp3) is 0.111. The van der Waals surface area contributed by atoms with E-state index in [4.69, 9.17) is 21.5 Å². The zero-order valence-electron chi connectivity index (χ0n) is 9.87. The fourth-order valence-corrected chi connectivity index (χ4v) is 1.23. The third-order valence-electron chi connectivity index (χ3n) is 1.92. The third kappa shape index (κ3) is 5.16. The van der Waals surface area contributed by atoms with Crippen LogP contribution < -0.4 is 21.7 Å². The number of hydrogen-bond acceptors (Lipinski definition) is 5. The molecule has 6 N–H and O–H groups in total. The highest BCUT2D eigenvalue weighted by Gasteiger charge is 2.33. The number of halogens is 3. The van der Waals surface area contributed by atoms with Crippen molar-refractivity contribution in [1.82, 2.24) is 0 Å². The van der Waals surface area contributed by atoms with Crippen LogP contribution in [0.15, 0.2) is 28.4 Å². The van der Waals surface area contributed by atoms with Crippen LogP contribution in [0.3, 0.4) is 0 Å². The lowest BCUT2D eigenvalue weighted by Gasteiger charge is -2.13. The number of nitrogens with two attached hydrogens (primary N) is 2. The molecule has 0 bridgehead atoms. The molecule has 7 nitrogen and oxygen atoms in total. The minimum atomic E-state index is -4.95. The summed E-state index contributed by atoms with van der Waals surface area (Å²) >= 11 is 0. The summed E-state index contributed by atoms with van der Waals surface area (Å²) in [7, 11) is -2.15. The summed E-state index contributed by atoms with van der Waals surface area (Å²) < 4.78 is 40.0. The Hall–Kier alpha value is -2.27. The van der Waals surface area contributed by atoms with Crippen LogP contribution in [0.25, 0.3) is 0 Å². The van der Waals surface area contributed by atoms with Gasteiger partial charge in [0.25, 0.3) is 0 Å². The summed E-state index contributed by atoms with van der Waals surface area (Å²) in [5.41, 5.74) is 9.80. The van der Waals surface area contributed by atoms with E-state index in [9.17, 15) is 13.2 Å². The van der Waals surface area contributed by atoms with E-state index in [0.29, 0.717) is 0 Å². The van der Waals surface area contributed by atoms with Gasteiger partial charge in [-0.1, -0.05) is 0 Å². The number of hydrogen-bond donors (Lipinski definition) is 4. The van der Waals surface area contributed by atoms with Gasteiger partial charge in [0.05, 0.1) is 6.21 Å². The number of guanidine groups is 1. The summed E-state index contributed by atoms with van der Waals surface area (Å²) in [6.07, 6.45) is -3.83. The zero-order chi connectivity index (χ0) is 15.3. The van der Waals surface area contributed by atoms with Crippen LogP contribution in [-0.4, -0.2) is 35.7 Å². The van der Waals surface area contributed by atoms with E-state index in [2.05, 4.69) is 14.9 Å². The van der Waals surface area contributed by atoms with Crippen molar-refractivity contribution in [2.75, 3.05) is 0 Å². The molecule has 1 aromatic carbocycles. The molecule has 0 aliphatic carbocycles. The first-order chi connectivity index (χ1) is 9.19. The molecule has 0 radical (unpaired) electrons. The molecule has 0 aliphatic heterocycles. The molecule has 1 rings (SSSR count). The standard InChI is InChI=1S/C9H10BF3N4O3/c11-9(12,13)20-7-2-1-5(3-6(7)10(18)19)4-16-17-8(14)15/h1-4,18-19H,(H4,14,15,17). The second kappa shape index (κ2) is 6.26. The van der Waals surface area contributed by atoms with E-state index in [-0.39, 0.29) is 11.5 Å². The quantitative estimate of drug-likeness (QED) is 0.241. The smallest absolute Gasteiger partial charge is 0.423 e. The molecule has 1 aromatic rings. The van der Waals surface area contributed by atoms with Crippen molar-refractivity contribution in [3.8, 4) is 5.75 Å². The Morgan fingerprint density at radius 3 is 2.45 bits per heavy atom. The van der Waals surface area contributed by atoms with Gasteiger partial charge in [-0.25, -0.2) is 0 Å². The van der Waals surface area contributed by atoms with E-state index >= 15 is 0 Å². The van der Waals surface area contributed by atoms with Crippen LogP contribution >= 0.6 is 0 Å². The van der Waals surface area contributed by atoms with Gasteiger partial charge in [-0.3, -0.25) is 0 Å². The number of nitrogens with zero attached hydrogens (tertiary/aromatic N) is 2. The molecular weight excluding hydrogens is 280 g/mol. The molecule has 0 atom stereocenters. The summed E-state index contributed by atoms with van der Waals surface area (Å²) in [6.45, 7) is 0. The Balaban J connectivity index is 3.07. The molecule has 0 amide bonds. The predicted octanol–water partition coefficient (Wildman–Crippen LogP) is -1.13. The first-order valence-electron chi connectivity index (χ1n) is 5.07. The van der Waals surface area contributed by atoms with Crippen LogP contribution in [0, 0.1) is 0 Å². The third-order valence-corrected chi connectivity index (χ3v) is 1.92. The maximum atomic E-state index is 12.1. The van der Waals surface area contributed by atoms with E-state index in [1.54, 1.807) is 0 Å². The Morgan fingerprint density at radius 2 is 1.95 bits per heavy atom. The normalized spacial score (nSPS) is 11.4. The van der Waals surface area contributed by atoms with Gasteiger partial charge in [0.1, 0.15) is 5.75 Å². The zero-order valence-corrected chi connectivity index (χ0v) is 9.87. The Labute approximate surface area is 111 Å². The van der Waals surface area contributed by atoms with Crippen LogP contribution in [-0.2, 0) is 0 Å². The lowest BCUT2D eigenvalue weighted by molar-refractivity contribution is -0.274. The van der Waals surface area contributed by atoms with Crippen molar-refractivity contribution >= 4 is 24.8 Å².